The van der Waals surface area contributed by atoms with Crippen molar-refractivity contribution in [3.8, 4) is 0 Å². The van der Waals surface area contributed by atoms with Gasteiger partial charge in [-0.25, -0.2) is 0 Å². The first-order valence-corrected chi connectivity index (χ1v) is 5.56. The number of rotatable bonds is 3. The molecule has 0 aliphatic carbocycles. The molecule has 2 aromatic rings. The van der Waals surface area contributed by atoms with Crippen molar-refractivity contribution in [1.82, 2.24) is 4.98 Å². The van der Waals surface area contributed by atoms with Crippen LogP contribution in [0.25, 0.3) is 10.9 Å². The molecule has 0 fully saturated rings. The van der Waals surface area contributed by atoms with E-state index in [4.69, 9.17) is 0 Å². The Morgan fingerprint density at radius 3 is 2.93 bits per heavy atom. The molecule has 0 amide bonds. The second kappa shape index (κ2) is 3.96. The molecule has 0 aliphatic heterocycles. The molecule has 0 aliphatic rings. The summed E-state index contributed by atoms with van der Waals surface area (Å²) in [6, 6.07) is 8.01. The topological polar surface area (TPSA) is 32.9 Å². The molecule has 3 heteroatoms. The summed E-state index contributed by atoms with van der Waals surface area (Å²) in [6.45, 7) is 0. The molecule has 2 rings (SSSR count). The number of alkyl halides is 1. The van der Waals surface area contributed by atoms with Crippen LogP contribution in [0.3, 0.4) is 0 Å². The number of hydrogen-bond donors (Lipinski definition) is 1. The number of carbonyl (C=O) groups is 1. The second-order valence-electron chi connectivity index (χ2n) is 3.21. The minimum Gasteiger partial charge on any atom is -0.361 e. The highest BCUT2D eigenvalue weighted by Gasteiger charge is 2.06. The molecule has 2 nitrogen and oxygen atoms in total. The van der Waals surface area contributed by atoms with E-state index in [0.717, 1.165) is 16.5 Å². The molecule has 0 saturated carbocycles. The summed E-state index contributed by atoms with van der Waals surface area (Å²) >= 11 is 3.16. The summed E-state index contributed by atoms with van der Waals surface area (Å²) < 4.78 is 0. The fourth-order valence-electron chi connectivity index (χ4n) is 1.54. The monoisotopic (exact) mass is 251 g/mol. The van der Waals surface area contributed by atoms with Gasteiger partial charge in [0.2, 0.25) is 0 Å². The standard InChI is InChI=1S/C11H10BrNO/c12-6-9(14)5-8-7-13-11-4-2-1-3-10(8)11/h1-4,7,13H,5-6H2. The highest BCUT2D eigenvalue weighted by atomic mass is 79.9. The van der Waals surface area contributed by atoms with Crippen molar-refractivity contribution in [2.75, 3.05) is 5.33 Å². The number of H-pyrrole nitrogens is 1. The van der Waals surface area contributed by atoms with E-state index in [9.17, 15) is 4.79 Å². The summed E-state index contributed by atoms with van der Waals surface area (Å²) in [7, 11) is 0. The molecule has 0 unspecified atom stereocenters. The predicted molar refractivity (Wildman–Crippen MR) is 60.8 cm³/mol. The first kappa shape index (κ1) is 9.46. The molecule has 72 valence electrons. The molecular formula is C11H10BrNO. The van der Waals surface area contributed by atoms with Crippen molar-refractivity contribution in [3.05, 3.63) is 36.0 Å². The molecule has 0 atom stereocenters. The van der Waals surface area contributed by atoms with Crippen LogP contribution in [0.5, 0.6) is 0 Å². The van der Waals surface area contributed by atoms with E-state index in [2.05, 4.69) is 20.9 Å². The first-order valence-electron chi connectivity index (χ1n) is 4.44. The van der Waals surface area contributed by atoms with Crippen molar-refractivity contribution in [2.45, 2.75) is 6.42 Å². The van der Waals surface area contributed by atoms with Gasteiger partial charge in [0, 0.05) is 23.5 Å². The van der Waals surface area contributed by atoms with Gasteiger partial charge >= 0.3 is 0 Å². The van der Waals surface area contributed by atoms with Gasteiger partial charge in [-0.1, -0.05) is 34.1 Å². The van der Waals surface area contributed by atoms with Gasteiger partial charge in [-0.2, -0.15) is 0 Å². The summed E-state index contributed by atoms with van der Waals surface area (Å²) in [5.74, 6) is 0.203. The van der Waals surface area contributed by atoms with E-state index in [0.29, 0.717) is 11.8 Å². The summed E-state index contributed by atoms with van der Waals surface area (Å²) in [4.78, 5) is 14.4. The smallest absolute Gasteiger partial charge is 0.147 e. The predicted octanol–water partition coefficient (Wildman–Crippen LogP) is 2.67. The van der Waals surface area contributed by atoms with Crippen LogP contribution >= 0.6 is 15.9 Å². The second-order valence-corrected chi connectivity index (χ2v) is 3.77. The van der Waals surface area contributed by atoms with E-state index in [-0.39, 0.29) is 5.78 Å². The lowest BCUT2D eigenvalue weighted by molar-refractivity contribution is -0.115. The Balaban J connectivity index is 2.38. The maximum absolute atomic E-state index is 11.3. The van der Waals surface area contributed by atoms with Gasteiger partial charge < -0.3 is 4.98 Å². The Bertz CT molecular complexity index is 461. The summed E-state index contributed by atoms with van der Waals surface area (Å²) in [5.41, 5.74) is 2.16. The number of hydrogen-bond acceptors (Lipinski definition) is 1. The molecule has 1 aromatic heterocycles. The van der Waals surface area contributed by atoms with Gasteiger partial charge in [0.15, 0.2) is 0 Å². The van der Waals surface area contributed by atoms with E-state index < -0.39 is 0 Å². The Hall–Kier alpha value is -1.09. The number of Topliss-reactive ketones (excluding diaryl/α,β-unsaturated/α-hetero) is 1. The average molecular weight is 252 g/mol. The number of ketones is 1. The number of aromatic nitrogens is 1. The maximum atomic E-state index is 11.3. The van der Waals surface area contributed by atoms with Crippen LogP contribution in [0.4, 0.5) is 0 Å². The minimum absolute atomic E-state index is 0.203. The Morgan fingerprint density at radius 2 is 2.14 bits per heavy atom. The highest BCUT2D eigenvalue weighted by Crippen LogP contribution is 2.18. The Morgan fingerprint density at radius 1 is 1.36 bits per heavy atom. The third-order valence-corrected chi connectivity index (χ3v) is 2.84. The van der Waals surface area contributed by atoms with Gasteiger partial charge in [-0.05, 0) is 11.6 Å². The molecule has 0 spiro atoms. The number of nitrogens with one attached hydrogen (secondary N) is 1. The number of para-hydroxylation sites is 1. The van der Waals surface area contributed by atoms with Gasteiger partial charge in [0.05, 0.1) is 5.33 Å². The van der Waals surface area contributed by atoms with Gasteiger partial charge in [-0.3, -0.25) is 4.79 Å². The molecular weight excluding hydrogens is 242 g/mol. The van der Waals surface area contributed by atoms with Crippen molar-refractivity contribution < 1.29 is 4.79 Å². The molecule has 0 radical (unpaired) electrons. The van der Waals surface area contributed by atoms with Crippen LogP contribution in [0.2, 0.25) is 0 Å². The zero-order chi connectivity index (χ0) is 9.97. The number of halogens is 1. The summed E-state index contributed by atoms with van der Waals surface area (Å²) in [5, 5.41) is 1.56. The molecule has 1 N–H and O–H groups in total. The molecule has 0 saturated heterocycles. The molecule has 1 aromatic carbocycles. The Labute approximate surface area is 90.4 Å². The number of fused-ring (bicyclic) bond motifs is 1. The largest absolute Gasteiger partial charge is 0.361 e. The third-order valence-electron chi connectivity index (χ3n) is 2.21. The highest BCUT2D eigenvalue weighted by molar-refractivity contribution is 9.09. The fourth-order valence-corrected chi connectivity index (χ4v) is 1.74. The lowest BCUT2D eigenvalue weighted by Crippen LogP contribution is -2.02. The van der Waals surface area contributed by atoms with E-state index in [1.165, 1.54) is 0 Å². The van der Waals surface area contributed by atoms with Gasteiger partial charge in [-0.15, -0.1) is 0 Å². The van der Waals surface area contributed by atoms with Crippen LogP contribution in [-0.4, -0.2) is 16.1 Å². The van der Waals surface area contributed by atoms with Crippen molar-refractivity contribution >= 4 is 32.6 Å². The van der Waals surface area contributed by atoms with E-state index >= 15 is 0 Å². The van der Waals surface area contributed by atoms with Gasteiger partial charge in [0.1, 0.15) is 5.78 Å². The minimum atomic E-state index is 0.203. The normalized spacial score (nSPS) is 10.6. The van der Waals surface area contributed by atoms with Crippen molar-refractivity contribution in [2.24, 2.45) is 0 Å². The lowest BCUT2D eigenvalue weighted by Gasteiger charge is -1.95. The number of aromatic amines is 1. The third kappa shape index (κ3) is 1.73. The number of benzene rings is 1. The van der Waals surface area contributed by atoms with Crippen LogP contribution < -0.4 is 0 Å². The zero-order valence-electron chi connectivity index (χ0n) is 7.59. The van der Waals surface area contributed by atoms with E-state index in [1.54, 1.807) is 0 Å². The number of carbonyl (C=O) groups excluding carboxylic acids is 1. The Kier molecular flexibility index (Phi) is 2.68. The van der Waals surface area contributed by atoms with E-state index in [1.807, 2.05) is 30.5 Å². The van der Waals surface area contributed by atoms with Crippen LogP contribution in [0.15, 0.2) is 30.5 Å². The average Bonchev–Trinajstić information content (AvgIpc) is 2.62. The molecule has 0 bridgehead atoms. The van der Waals surface area contributed by atoms with Gasteiger partial charge in [0.25, 0.3) is 0 Å². The van der Waals surface area contributed by atoms with Crippen molar-refractivity contribution in [3.63, 3.8) is 0 Å². The lowest BCUT2D eigenvalue weighted by atomic mass is 10.1. The quantitative estimate of drug-likeness (QED) is 0.837. The fraction of sp³-hybridized carbons (Fsp3) is 0.182. The van der Waals surface area contributed by atoms with Crippen LogP contribution in [0.1, 0.15) is 5.56 Å². The maximum Gasteiger partial charge on any atom is 0.147 e. The van der Waals surface area contributed by atoms with Crippen molar-refractivity contribution in [1.29, 1.82) is 0 Å². The molecule has 1 heterocycles. The van der Waals surface area contributed by atoms with Crippen LogP contribution in [0, 0.1) is 0 Å². The summed E-state index contributed by atoms with van der Waals surface area (Å²) in [6.07, 6.45) is 2.40. The SMILES string of the molecule is O=C(CBr)Cc1c[nH]c2ccccc12. The first-order chi connectivity index (χ1) is 6.81. The zero-order valence-corrected chi connectivity index (χ0v) is 9.17. The van der Waals surface area contributed by atoms with Crippen LogP contribution in [-0.2, 0) is 11.2 Å². The molecule has 14 heavy (non-hydrogen) atoms.